The lowest BCUT2D eigenvalue weighted by molar-refractivity contribution is 0.102. The third kappa shape index (κ3) is 3.23. The molecule has 1 aromatic carbocycles. The van der Waals surface area contributed by atoms with Gasteiger partial charge in [-0.3, -0.25) is 4.79 Å². The smallest absolute Gasteiger partial charge is 0.255 e. The molecule has 1 N–H and O–H groups in total. The second-order valence-corrected chi connectivity index (χ2v) is 6.02. The van der Waals surface area contributed by atoms with Crippen LogP contribution in [-0.2, 0) is 4.74 Å². The van der Waals surface area contributed by atoms with Gasteiger partial charge < -0.3 is 10.1 Å². The molecular formula is C15H15NO2S2. The summed E-state index contributed by atoms with van der Waals surface area (Å²) in [5, 5.41) is 3.35. The van der Waals surface area contributed by atoms with Gasteiger partial charge in [-0.25, -0.2) is 0 Å². The van der Waals surface area contributed by atoms with Gasteiger partial charge in [0, 0.05) is 10.4 Å². The Morgan fingerprint density at radius 3 is 2.70 bits per heavy atom. The maximum absolute atomic E-state index is 12.2. The first kappa shape index (κ1) is 14.7. The van der Waals surface area contributed by atoms with E-state index < -0.39 is 0 Å². The molecule has 0 bridgehead atoms. The van der Waals surface area contributed by atoms with Crippen LogP contribution in [0.5, 0.6) is 0 Å². The molecule has 1 amide bonds. The molecule has 0 radical (unpaired) electrons. The van der Waals surface area contributed by atoms with Crippen molar-refractivity contribution in [1.29, 1.82) is 0 Å². The Labute approximate surface area is 127 Å². The van der Waals surface area contributed by atoms with Gasteiger partial charge >= 0.3 is 0 Å². The molecule has 1 heterocycles. The lowest BCUT2D eigenvalue weighted by Gasteiger charge is -2.05. The summed E-state index contributed by atoms with van der Waals surface area (Å²) in [7, 11) is 1.54. The van der Waals surface area contributed by atoms with E-state index in [1.54, 1.807) is 13.2 Å². The van der Waals surface area contributed by atoms with Crippen molar-refractivity contribution in [3.05, 3.63) is 51.2 Å². The van der Waals surface area contributed by atoms with Crippen molar-refractivity contribution >= 4 is 40.2 Å². The molecule has 0 aliphatic heterocycles. The van der Waals surface area contributed by atoms with Crippen molar-refractivity contribution in [2.24, 2.45) is 0 Å². The fourth-order valence-corrected chi connectivity index (χ4v) is 2.87. The average Bonchev–Trinajstić information content (AvgIpc) is 2.79. The molecular weight excluding hydrogens is 290 g/mol. The lowest BCUT2D eigenvalue weighted by Crippen LogP contribution is -2.12. The Morgan fingerprint density at radius 2 is 2.05 bits per heavy atom. The lowest BCUT2D eigenvalue weighted by atomic mass is 10.1. The molecule has 0 fully saturated rings. The molecule has 0 aliphatic rings. The van der Waals surface area contributed by atoms with Gasteiger partial charge in [0.1, 0.15) is 0 Å². The Balaban J connectivity index is 2.20. The molecule has 0 atom stereocenters. The van der Waals surface area contributed by atoms with E-state index in [9.17, 15) is 4.79 Å². The summed E-state index contributed by atoms with van der Waals surface area (Å²) in [5.41, 5.74) is 2.48. The molecule has 0 unspecified atom stereocenters. The average molecular weight is 305 g/mol. The zero-order valence-electron chi connectivity index (χ0n) is 11.5. The van der Waals surface area contributed by atoms with E-state index in [-0.39, 0.29) is 5.91 Å². The molecule has 2 aromatic rings. The minimum atomic E-state index is -0.121. The van der Waals surface area contributed by atoms with Crippen molar-refractivity contribution in [2.45, 2.75) is 13.8 Å². The summed E-state index contributed by atoms with van der Waals surface area (Å²) in [5.74, 6) is -0.121. The van der Waals surface area contributed by atoms with Gasteiger partial charge in [0.15, 0.2) is 0 Å². The number of hydrogen-bond donors (Lipinski definition) is 1. The van der Waals surface area contributed by atoms with E-state index >= 15 is 0 Å². The molecule has 0 spiro atoms. The van der Waals surface area contributed by atoms with Crippen molar-refractivity contribution < 1.29 is 9.53 Å². The van der Waals surface area contributed by atoms with E-state index in [4.69, 9.17) is 17.0 Å². The van der Waals surface area contributed by atoms with Crippen molar-refractivity contribution in [2.75, 3.05) is 12.4 Å². The second kappa shape index (κ2) is 6.15. The predicted octanol–water partition coefficient (Wildman–Crippen LogP) is 3.94. The summed E-state index contributed by atoms with van der Waals surface area (Å²) in [6.45, 7) is 3.90. The molecule has 5 heteroatoms. The van der Waals surface area contributed by atoms with E-state index in [1.165, 1.54) is 11.3 Å². The Bertz CT molecular complexity index is 662. The third-order valence-corrected chi connectivity index (χ3v) is 4.40. The van der Waals surface area contributed by atoms with Crippen molar-refractivity contribution in [1.82, 2.24) is 0 Å². The highest BCUT2D eigenvalue weighted by atomic mass is 32.1. The van der Waals surface area contributed by atoms with Crippen LogP contribution in [0.2, 0.25) is 0 Å². The first-order chi connectivity index (χ1) is 9.51. The maximum atomic E-state index is 12.2. The van der Waals surface area contributed by atoms with Crippen LogP contribution in [-0.4, -0.2) is 18.1 Å². The highest BCUT2D eigenvalue weighted by molar-refractivity contribution is 7.80. The maximum Gasteiger partial charge on any atom is 0.255 e. The van der Waals surface area contributed by atoms with Gasteiger partial charge in [0.25, 0.3) is 5.91 Å². The van der Waals surface area contributed by atoms with Crippen LogP contribution < -0.4 is 5.32 Å². The number of anilines is 1. The number of benzene rings is 1. The first-order valence-corrected chi connectivity index (χ1v) is 7.30. The van der Waals surface area contributed by atoms with E-state index in [0.29, 0.717) is 10.6 Å². The van der Waals surface area contributed by atoms with Gasteiger partial charge in [-0.15, -0.1) is 11.3 Å². The van der Waals surface area contributed by atoms with Crippen LogP contribution in [0, 0.1) is 13.8 Å². The number of aryl methyl sites for hydroxylation is 2. The predicted molar refractivity (Wildman–Crippen MR) is 86.9 cm³/mol. The number of carbonyl (C=O) groups excluding carboxylic acids is 1. The van der Waals surface area contributed by atoms with Gasteiger partial charge in [-0.2, -0.15) is 0 Å². The molecule has 2 rings (SSSR count). The van der Waals surface area contributed by atoms with Gasteiger partial charge in [0.05, 0.1) is 17.7 Å². The minimum Gasteiger partial charge on any atom is -0.486 e. The molecule has 0 aliphatic carbocycles. The number of nitrogens with one attached hydrogen (secondary N) is 1. The zero-order valence-corrected chi connectivity index (χ0v) is 13.2. The van der Waals surface area contributed by atoms with Crippen LogP contribution in [0.1, 0.15) is 25.7 Å². The second-order valence-electron chi connectivity index (χ2n) is 4.40. The standard InChI is InChI=1S/C15H15NO2S2/c1-9-5-4-6-11(7-9)14(17)16-12-8-13(15(19)18-3)20-10(12)2/h4-8H,1-3H3,(H,16,17). The summed E-state index contributed by atoms with van der Waals surface area (Å²) >= 11 is 6.60. The highest BCUT2D eigenvalue weighted by Gasteiger charge is 2.13. The fraction of sp³-hybridized carbons (Fsp3) is 0.200. The monoisotopic (exact) mass is 305 g/mol. The zero-order chi connectivity index (χ0) is 14.7. The number of amides is 1. The summed E-state index contributed by atoms with van der Waals surface area (Å²) in [6, 6.07) is 9.33. The quantitative estimate of drug-likeness (QED) is 0.873. The van der Waals surface area contributed by atoms with E-state index in [1.807, 2.05) is 38.1 Å². The largest absolute Gasteiger partial charge is 0.486 e. The molecule has 20 heavy (non-hydrogen) atoms. The van der Waals surface area contributed by atoms with Crippen LogP contribution in [0.4, 0.5) is 5.69 Å². The highest BCUT2D eigenvalue weighted by Crippen LogP contribution is 2.27. The SMILES string of the molecule is COC(=S)c1cc(NC(=O)c2cccc(C)c2)c(C)s1. The summed E-state index contributed by atoms with van der Waals surface area (Å²) in [6.07, 6.45) is 0. The van der Waals surface area contributed by atoms with Crippen LogP contribution in [0.25, 0.3) is 0 Å². The minimum absolute atomic E-state index is 0.121. The van der Waals surface area contributed by atoms with Crippen molar-refractivity contribution in [3.63, 3.8) is 0 Å². The topological polar surface area (TPSA) is 38.3 Å². The molecule has 3 nitrogen and oxygen atoms in total. The summed E-state index contributed by atoms with van der Waals surface area (Å²) < 4.78 is 5.04. The van der Waals surface area contributed by atoms with E-state index in [0.717, 1.165) is 21.0 Å². The van der Waals surface area contributed by atoms with E-state index in [2.05, 4.69) is 5.32 Å². The number of thiocarbonyl (C=S) groups is 1. The fourth-order valence-electron chi connectivity index (χ4n) is 1.79. The number of methoxy groups -OCH3 is 1. The Kier molecular flexibility index (Phi) is 4.52. The third-order valence-electron chi connectivity index (χ3n) is 2.83. The molecule has 0 saturated carbocycles. The van der Waals surface area contributed by atoms with Gasteiger partial charge in [-0.05, 0) is 44.3 Å². The van der Waals surface area contributed by atoms with Crippen LogP contribution >= 0.6 is 23.6 Å². The Hall–Kier alpha value is -1.72. The van der Waals surface area contributed by atoms with Crippen LogP contribution in [0.15, 0.2) is 30.3 Å². The van der Waals surface area contributed by atoms with Gasteiger partial charge in [-0.1, -0.05) is 17.7 Å². The van der Waals surface area contributed by atoms with Crippen LogP contribution in [0.3, 0.4) is 0 Å². The molecule has 0 saturated heterocycles. The Morgan fingerprint density at radius 1 is 1.30 bits per heavy atom. The molecule has 104 valence electrons. The number of hydrogen-bond acceptors (Lipinski definition) is 4. The summed E-state index contributed by atoms with van der Waals surface area (Å²) in [4.78, 5) is 14.0. The number of carbonyl (C=O) groups is 1. The van der Waals surface area contributed by atoms with Crippen molar-refractivity contribution in [3.8, 4) is 0 Å². The normalized spacial score (nSPS) is 10.2. The number of ether oxygens (including phenoxy) is 1. The number of rotatable bonds is 3. The van der Waals surface area contributed by atoms with Gasteiger partial charge in [0.2, 0.25) is 5.05 Å². The molecule has 1 aromatic heterocycles. The first-order valence-electron chi connectivity index (χ1n) is 6.08. The number of thiophene rings is 1.